The van der Waals surface area contributed by atoms with Crippen molar-refractivity contribution in [1.29, 1.82) is 0 Å². The largest absolute Gasteiger partial charge is 0.294 e. The Hall–Kier alpha value is -9.11. The zero-order chi connectivity index (χ0) is 45.4. The Morgan fingerprint density at radius 3 is 1.65 bits per heavy atom. The molecular formula is C61H37N7S. The lowest BCUT2D eigenvalue weighted by Crippen LogP contribution is -2.06. The van der Waals surface area contributed by atoms with E-state index >= 15 is 0 Å². The van der Waals surface area contributed by atoms with Gasteiger partial charge in [0.1, 0.15) is 5.65 Å². The Labute approximate surface area is 399 Å². The molecule has 14 aromatic rings. The summed E-state index contributed by atoms with van der Waals surface area (Å²) < 4.78 is 7.00. The highest BCUT2D eigenvalue weighted by molar-refractivity contribution is 7.26. The topological polar surface area (TPSA) is 74.3 Å². The minimum Gasteiger partial charge on any atom is -0.294 e. The molecule has 69 heavy (non-hydrogen) atoms. The lowest BCUT2D eigenvalue weighted by Gasteiger charge is -2.12. The van der Waals surface area contributed by atoms with E-state index < -0.39 is 0 Å². The molecular weight excluding hydrogens is 863 g/mol. The molecule has 0 aliphatic carbocycles. The highest BCUT2D eigenvalue weighted by atomic mass is 32.1. The Morgan fingerprint density at radius 1 is 0.333 bits per heavy atom. The number of aromatic nitrogens is 7. The van der Waals surface area contributed by atoms with Crippen molar-refractivity contribution in [3.05, 3.63) is 224 Å². The van der Waals surface area contributed by atoms with Gasteiger partial charge in [-0.15, -0.1) is 11.3 Å². The molecule has 0 unspecified atom stereocenters. The van der Waals surface area contributed by atoms with Crippen LogP contribution >= 0.6 is 11.3 Å². The quantitative estimate of drug-likeness (QED) is 0.159. The van der Waals surface area contributed by atoms with Crippen molar-refractivity contribution in [1.82, 2.24) is 34.1 Å². The van der Waals surface area contributed by atoms with Crippen molar-refractivity contribution >= 4 is 75.3 Å². The molecule has 5 heterocycles. The van der Waals surface area contributed by atoms with Crippen LogP contribution in [0.4, 0.5) is 0 Å². The van der Waals surface area contributed by atoms with Crippen LogP contribution in [0.25, 0.3) is 132 Å². The lowest BCUT2D eigenvalue weighted by molar-refractivity contribution is 0.953. The SMILES string of the molecule is c1ccc(-c2nc(-c3ccccc3)nc(-n3c4ccccc4c4cc(-c5nc(-c6cccc(-c7cccc8c7sc7ccccc78)c6)c6c7ccccc7n(-c7ccccc7)c6n5)ccc43)n2)cc1. The minimum atomic E-state index is 0.542. The Balaban J connectivity index is 1.00. The van der Waals surface area contributed by atoms with Gasteiger partial charge < -0.3 is 0 Å². The van der Waals surface area contributed by atoms with Gasteiger partial charge in [-0.3, -0.25) is 9.13 Å². The molecule has 5 aromatic heterocycles. The second-order valence-corrected chi connectivity index (χ2v) is 18.3. The molecule has 0 N–H and O–H groups in total. The summed E-state index contributed by atoms with van der Waals surface area (Å²) in [5, 5.41) is 6.77. The van der Waals surface area contributed by atoms with Gasteiger partial charge in [0.05, 0.1) is 27.6 Å². The zero-order valence-electron chi connectivity index (χ0n) is 36.9. The first-order valence-electron chi connectivity index (χ1n) is 23.0. The van der Waals surface area contributed by atoms with Crippen LogP contribution in [0.15, 0.2) is 224 Å². The maximum Gasteiger partial charge on any atom is 0.238 e. The molecule has 0 aliphatic rings. The van der Waals surface area contributed by atoms with E-state index in [0.29, 0.717) is 23.4 Å². The number of fused-ring (bicyclic) bond motifs is 9. The summed E-state index contributed by atoms with van der Waals surface area (Å²) in [7, 11) is 0. The van der Waals surface area contributed by atoms with E-state index in [4.69, 9.17) is 24.9 Å². The van der Waals surface area contributed by atoms with Crippen molar-refractivity contribution in [2.75, 3.05) is 0 Å². The van der Waals surface area contributed by atoms with Gasteiger partial charge in [-0.2, -0.15) is 9.97 Å². The number of hydrogen-bond donors (Lipinski definition) is 0. The number of hydrogen-bond acceptors (Lipinski definition) is 6. The van der Waals surface area contributed by atoms with Crippen LogP contribution in [0.3, 0.4) is 0 Å². The van der Waals surface area contributed by atoms with Crippen LogP contribution in [-0.4, -0.2) is 34.1 Å². The molecule has 0 atom stereocenters. The van der Waals surface area contributed by atoms with Crippen molar-refractivity contribution in [3.63, 3.8) is 0 Å². The van der Waals surface area contributed by atoms with Gasteiger partial charge in [0, 0.05) is 64.3 Å². The summed E-state index contributed by atoms with van der Waals surface area (Å²) >= 11 is 1.85. The predicted octanol–water partition coefficient (Wildman–Crippen LogP) is 15.6. The molecule has 8 heteroatoms. The molecule has 14 rings (SSSR count). The molecule has 322 valence electrons. The highest BCUT2D eigenvalue weighted by Gasteiger charge is 2.23. The standard InChI is InChI=1S/C61H37N7S/c1-4-18-38(19-5-1)57-63-58(39-20-6-2-7-21-39)66-61(65-57)68-50-31-13-10-26-45(50)49-37-42(34-35-52(49)68)59-62-55(54-48-28-11-14-32-51(48)67(60(54)64-59)43-24-8-3-9-25-43)41-23-16-22-40(36-41)44-29-17-30-47-46-27-12-15-33-53(46)69-56(44)47/h1-37H. The number of nitrogens with zero attached hydrogens (tertiary/aromatic N) is 7. The Morgan fingerprint density at radius 2 is 0.899 bits per heavy atom. The zero-order valence-corrected chi connectivity index (χ0v) is 37.7. The second kappa shape index (κ2) is 15.8. The number of rotatable bonds is 7. The first kappa shape index (κ1) is 39.1. The monoisotopic (exact) mass is 899 g/mol. The van der Waals surface area contributed by atoms with Crippen molar-refractivity contribution in [2.24, 2.45) is 0 Å². The van der Waals surface area contributed by atoms with Crippen LogP contribution in [0.2, 0.25) is 0 Å². The van der Waals surface area contributed by atoms with E-state index in [1.54, 1.807) is 0 Å². The van der Waals surface area contributed by atoms with Crippen molar-refractivity contribution < 1.29 is 0 Å². The molecule has 0 amide bonds. The maximum absolute atomic E-state index is 5.61. The van der Waals surface area contributed by atoms with Gasteiger partial charge in [-0.1, -0.05) is 170 Å². The fraction of sp³-hybridized carbons (Fsp3) is 0. The average molecular weight is 900 g/mol. The van der Waals surface area contributed by atoms with Crippen LogP contribution < -0.4 is 0 Å². The first-order chi connectivity index (χ1) is 34.2. The molecule has 0 radical (unpaired) electrons. The summed E-state index contributed by atoms with van der Waals surface area (Å²) in [5.41, 5.74) is 11.9. The van der Waals surface area contributed by atoms with Crippen LogP contribution in [0.1, 0.15) is 0 Å². The molecule has 0 bridgehead atoms. The molecule has 0 saturated carbocycles. The molecule has 7 nitrogen and oxygen atoms in total. The molecule has 0 fully saturated rings. The average Bonchev–Trinajstić information content (AvgIpc) is 4.09. The highest BCUT2D eigenvalue weighted by Crippen LogP contribution is 2.43. The summed E-state index contributed by atoms with van der Waals surface area (Å²) in [4.78, 5) is 26.5. The van der Waals surface area contributed by atoms with E-state index in [0.717, 1.165) is 82.9 Å². The summed E-state index contributed by atoms with van der Waals surface area (Å²) in [6, 6.07) is 78.5. The van der Waals surface area contributed by atoms with Gasteiger partial charge in [0.15, 0.2) is 17.5 Å². The van der Waals surface area contributed by atoms with E-state index in [-0.39, 0.29) is 0 Å². The third-order valence-electron chi connectivity index (χ3n) is 13.2. The second-order valence-electron chi connectivity index (χ2n) is 17.2. The van der Waals surface area contributed by atoms with Crippen LogP contribution in [0.5, 0.6) is 0 Å². The van der Waals surface area contributed by atoms with E-state index in [9.17, 15) is 0 Å². The first-order valence-corrected chi connectivity index (χ1v) is 23.8. The van der Waals surface area contributed by atoms with Crippen LogP contribution in [-0.2, 0) is 0 Å². The van der Waals surface area contributed by atoms with Gasteiger partial charge in [-0.05, 0) is 65.7 Å². The lowest BCUT2D eigenvalue weighted by atomic mass is 9.98. The van der Waals surface area contributed by atoms with Gasteiger partial charge in [0.25, 0.3) is 0 Å². The molecule has 9 aromatic carbocycles. The van der Waals surface area contributed by atoms with E-state index in [1.807, 2.05) is 72.0 Å². The number of para-hydroxylation sites is 3. The molecule has 0 aliphatic heterocycles. The van der Waals surface area contributed by atoms with Gasteiger partial charge in [0.2, 0.25) is 5.95 Å². The van der Waals surface area contributed by atoms with Gasteiger partial charge in [-0.25, -0.2) is 15.0 Å². The summed E-state index contributed by atoms with van der Waals surface area (Å²) in [6.07, 6.45) is 0. The smallest absolute Gasteiger partial charge is 0.238 e. The predicted molar refractivity (Wildman–Crippen MR) is 284 cm³/mol. The summed E-state index contributed by atoms with van der Waals surface area (Å²) in [5.74, 6) is 2.38. The minimum absolute atomic E-state index is 0.542. The molecule has 0 spiro atoms. The van der Waals surface area contributed by atoms with Crippen molar-refractivity contribution in [3.8, 4) is 68.2 Å². The third kappa shape index (κ3) is 6.38. The van der Waals surface area contributed by atoms with Crippen LogP contribution in [0, 0.1) is 0 Å². The Bertz CT molecular complexity index is 4250. The van der Waals surface area contributed by atoms with E-state index in [2.05, 4.69) is 173 Å². The van der Waals surface area contributed by atoms with E-state index in [1.165, 1.54) is 25.7 Å². The molecule has 0 saturated heterocycles. The van der Waals surface area contributed by atoms with Gasteiger partial charge >= 0.3 is 0 Å². The fourth-order valence-electron chi connectivity index (χ4n) is 10.1. The Kier molecular flexibility index (Phi) is 8.93. The third-order valence-corrected chi connectivity index (χ3v) is 14.4. The fourth-order valence-corrected chi connectivity index (χ4v) is 11.3. The maximum atomic E-state index is 5.61. The summed E-state index contributed by atoms with van der Waals surface area (Å²) in [6.45, 7) is 0. The normalized spacial score (nSPS) is 11.8. The number of benzene rings is 9. The van der Waals surface area contributed by atoms with Crippen molar-refractivity contribution in [2.45, 2.75) is 0 Å². The number of thiophene rings is 1.